The van der Waals surface area contributed by atoms with Gasteiger partial charge in [0.15, 0.2) is 0 Å². The Balaban J connectivity index is -0.000000296. The molecular weight excluding hydrogens is 308 g/mol. The molecule has 0 aromatic heterocycles. The lowest BCUT2D eigenvalue weighted by molar-refractivity contribution is 0.0803. The Morgan fingerprint density at radius 1 is 0.760 bits per heavy atom. The molecule has 1 unspecified atom stereocenters. The number of aliphatic hydroxyl groups is 1. The minimum absolute atomic E-state index is 0.139. The van der Waals surface area contributed by atoms with Crippen molar-refractivity contribution in [1.82, 2.24) is 0 Å². The Morgan fingerprint density at radius 3 is 1.24 bits per heavy atom. The van der Waals surface area contributed by atoms with Gasteiger partial charge in [0.2, 0.25) is 0 Å². The van der Waals surface area contributed by atoms with E-state index in [1.165, 1.54) is 12.8 Å². The van der Waals surface area contributed by atoms with E-state index in [0.29, 0.717) is 16.7 Å². The van der Waals surface area contributed by atoms with Gasteiger partial charge >= 0.3 is 0 Å². The van der Waals surface area contributed by atoms with Crippen LogP contribution in [0.5, 0.6) is 0 Å². The molecule has 0 aromatic rings. The molecule has 1 atom stereocenters. The molecule has 0 saturated carbocycles. The molecule has 2 nitrogen and oxygen atoms in total. The summed E-state index contributed by atoms with van der Waals surface area (Å²) in [5, 5.41) is 9.46. The molecule has 0 bridgehead atoms. The number of rotatable bonds is 5. The Kier molecular flexibility index (Phi) is 16.7. The van der Waals surface area contributed by atoms with E-state index < -0.39 is 0 Å². The van der Waals surface area contributed by atoms with Gasteiger partial charge in [-0.25, -0.2) is 0 Å². The van der Waals surface area contributed by atoms with Crippen molar-refractivity contribution in [1.29, 1.82) is 0 Å². The molecule has 2 heteroatoms. The normalized spacial score (nSPS) is 13.6. The van der Waals surface area contributed by atoms with Gasteiger partial charge in [-0.05, 0) is 41.4 Å². The molecule has 0 heterocycles. The van der Waals surface area contributed by atoms with Crippen LogP contribution in [0.15, 0.2) is 0 Å². The molecule has 1 N–H and O–H groups in total. The van der Waals surface area contributed by atoms with Gasteiger partial charge in [0.1, 0.15) is 0 Å². The molecule has 0 fully saturated rings. The van der Waals surface area contributed by atoms with E-state index in [1.807, 2.05) is 0 Å². The van der Waals surface area contributed by atoms with Crippen molar-refractivity contribution in [2.24, 2.45) is 22.2 Å². The molecule has 0 rings (SSSR count). The number of hydrogen-bond acceptors (Lipinski definition) is 2. The van der Waals surface area contributed by atoms with Gasteiger partial charge in [0.05, 0.1) is 6.10 Å². The highest BCUT2D eigenvalue weighted by Crippen LogP contribution is 2.23. The molecule has 0 aliphatic rings. The van der Waals surface area contributed by atoms with E-state index in [9.17, 15) is 5.11 Å². The highest BCUT2D eigenvalue weighted by atomic mass is 16.5. The number of hydrogen-bond donors (Lipinski definition) is 1. The smallest absolute Gasteiger partial charge is 0.0568 e. The molecule has 156 valence electrons. The van der Waals surface area contributed by atoms with Crippen molar-refractivity contribution in [2.45, 2.75) is 115 Å². The largest absolute Gasteiger partial charge is 0.393 e. The second-order valence-corrected chi connectivity index (χ2v) is 11.2. The zero-order valence-electron chi connectivity index (χ0n) is 20.0. The van der Waals surface area contributed by atoms with Crippen molar-refractivity contribution < 1.29 is 9.84 Å². The monoisotopic (exact) mass is 360 g/mol. The van der Waals surface area contributed by atoms with E-state index in [1.54, 1.807) is 7.11 Å². The van der Waals surface area contributed by atoms with E-state index in [4.69, 9.17) is 4.74 Å². The third-order valence-electron chi connectivity index (χ3n) is 3.65. The molecule has 0 spiro atoms. The highest BCUT2D eigenvalue weighted by Gasteiger charge is 2.18. The van der Waals surface area contributed by atoms with Gasteiger partial charge in [-0.3, -0.25) is 0 Å². The lowest BCUT2D eigenvalue weighted by atomic mass is 9.86. The van der Waals surface area contributed by atoms with E-state index in [0.717, 1.165) is 19.4 Å². The maximum atomic E-state index is 9.46. The van der Waals surface area contributed by atoms with Crippen LogP contribution in [0, 0.1) is 22.2 Å². The van der Waals surface area contributed by atoms with Gasteiger partial charge in [-0.2, -0.15) is 0 Å². The summed E-state index contributed by atoms with van der Waals surface area (Å²) < 4.78 is 4.92. The third-order valence-corrected chi connectivity index (χ3v) is 3.65. The summed E-state index contributed by atoms with van der Waals surface area (Å²) in [5.74, 6) is 0.388. The van der Waals surface area contributed by atoms with Gasteiger partial charge < -0.3 is 9.84 Å². The second kappa shape index (κ2) is 14.0. The first-order chi connectivity index (χ1) is 10.9. The van der Waals surface area contributed by atoms with Crippen LogP contribution in [-0.4, -0.2) is 24.9 Å². The van der Waals surface area contributed by atoms with Crippen molar-refractivity contribution in [3.63, 3.8) is 0 Å². The Hall–Kier alpha value is -0.0800. The minimum Gasteiger partial charge on any atom is -0.393 e. The molecule has 0 saturated heterocycles. The van der Waals surface area contributed by atoms with Crippen LogP contribution in [0.1, 0.15) is 109 Å². The molecule has 25 heavy (non-hydrogen) atoms. The van der Waals surface area contributed by atoms with Crippen LogP contribution in [0.3, 0.4) is 0 Å². The molecule has 0 aliphatic carbocycles. The average Bonchev–Trinajstić information content (AvgIpc) is 2.33. The summed E-state index contributed by atoms with van der Waals surface area (Å²) in [6, 6.07) is 0. The Bertz CT molecular complexity index is 274. The summed E-state index contributed by atoms with van der Waals surface area (Å²) in [4.78, 5) is 0. The lowest BCUT2D eigenvalue weighted by Gasteiger charge is -2.24. The molecule has 0 radical (unpaired) electrons. The number of aliphatic hydroxyl groups excluding tert-OH is 1. The summed E-state index contributed by atoms with van der Waals surface area (Å²) in [6.07, 6.45) is 4.55. The van der Waals surface area contributed by atoms with Gasteiger partial charge in [-0.1, -0.05) is 89.5 Å². The minimum atomic E-state index is -0.139. The SMILES string of the molecule is CC(C)C(O)CC(C)(C)C.CCCC(C)(C)C.COCCC(C)(C)C. The highest BCUT2D eigenvalue weighted by molar-refractivity contribution is 4.69. The second-order valence-electron chi connectivity index (χ2n) is 11.2. The molecule has 0 aromatic carbocycles. The van der Waals surface area contributed by atoms with Crippen molar-refractivity contribution in [3.05, 3.63) is 0 Å². The summed E-state index contributed by atoms with van der Waals surface area (Å²) in [5.41, 5.74) is 1.23. The Morgan fingerprint density at radius 2 is 1.16 bits per heavy atom. The van der Waals surface area contributed by atoms with Crippen molar-refractivity contribution in [2.75, 3.05) is 13.7 Å². The van der Waals surface area contributed by atoms with Crippen LogP contribution in [0.2, 0.25) is 0 Å². The average molecular weight is 361 g/mol. The quantitative estimate of drug-likeness (QED) is 0.555. The van der Waals surface area contributed by atoms with Crippen molar-refractivity contribution in [3.8, 4) is 0 Å². The van der Waals surface area contributed by atoms with E-state index >= 15 is 0 Å². The van der Waals surface area contributed by atoms with Crippen LogP contribution < -0.4 is 0 Å². The Labute approximate surface area is 161 Å². The molecule has 0 aliphatic heterocycles. The summed E-state index contributed by atoms with van der Waals surface area (Å²) >= 11 is 0. The third kappa shape index (κ3) is 35.8. The van der Waals surface area contributed by atoms with Crippen LogP contribution in [0.25, 0.3) is 0 Å². The standard InChI is InChI=1S/C9H20O.C7H16O.C7H16/c1-7(2)8(10)6-9(3,4)5;1-7(2,3)5-6-8-4;1-5-6-7(2,3)4/h7-8,10H,6H2,1-5H3;5-6H2,1-4H3;5-6H2,1-4H3. The van der Waals surface area contributed by atoms with E-state index in [-0.39, 0.29) is 11.5 Å². The fourth-order valence-corrected chi connectivity index (χ4v) is 2.02. The van der Waals surface area contributed by atoms with Crippen LogP contribution in [0.4, 0.5) is 0 Å². The maximum Gasteiger partial charge on any atom is 0.0568 e. The lowest BCUT2D eigenvalue weighted by Crippen LogP contribution is -2.22. The predicted molar refractivity (Wildman–Crippen MR) is 115 cm³/mol. The van der Waals surface area contributed by atoms with Crippen LogP contribution in [-0.2, 0) is 4.74 Å². The van der Waals surface area contributed by atoms with Gasteiger partial charge in [0, 0.05) is 13.7 Å². The first kappa shape index (κ1) is 29.7. The van der Waals surface area contributed by atoms with E-state index in [2.05, 4.69) is 83.1 Å². The first-order valence-electron chi connectivity index (χ1n) is 10.1. The maximum absolute atomic E-state index is 9.46. The molecular formula is C23H52O2. The topological polar surface area (TPSA) is 29.5 Å². The predicted octanol–water partition coefficient (Wildman–Crippen LogP) is 7.34. The number of ether oxygens (including phenoxy) is 1. The first-order valence-corrected chi connectivity index (χ1v) is 10.1. The molecule has 0 amide bonds. The fraction of sp³-hybridized carbons (Fsp3) is 1.00. The van der Waals surface area contributed by atoms with Crippen molar-refractivity contribution >= 4 is 0 Å². The fourth-order valence-electron chi connectivity index (χ4n) is 2.02. The number of methoxy groups -OCH3 is 1. The van der Waals surface area contributed by atoms with Crippen LogP contribution >= 0.6 is 0 Å². The summed E-state index contributed by atoms with van der Waals surface area (Å²) in [7, 11) is 1.74. The zero-order valence-corrected chi connectivity index (χ0v) is 20.0. The summed E-state index contributed by atoms with van der Waals surface area (Å²) in [6.45, 7) is 27.1. The van der Waals surface area contributed by atoms with Gasteiger partial charge in [-0.15, -0.1) is 0 Å². The zero-order chi connectivity index (χ0) is 20.9. The van der Waals surface area contributed by atoms with Gasteiger partial charge in [0.25, 0.3) is 0 Å².